The van der Waals surface area contributed by atoms with Crippen LogP contribution in [0.4, 0.5) is 0 Å². The highest BCUT2D eigenvalue weighted by Gasteiger charge is 2.16. The second kappa shape index (κ2) is 9.59. The molecule has 0 atom stereocenters. The average molecular weight is 450 g/mol. The van der Waals surface area contributed by atoms with Gasteiger partial charge in [-0.1, -0.05) is 43.1 Å². The molecule has 0 bridgehead atoms. The van der Waals surface area contributed by atoms with Crippen LogP contribution in [0.2, 0.25) is 5.02 Å². The van der Waals surface area contributed by atoms with Gasteiger partial charge < -0.3 is 9.30 Å². The zero-order chi connectivity index (χ0) is 21.7. The summed E-state index contributed by atoms with van der Waals surface area (Å²) < 4.78 is 30.6. The smallest absolute Gasteiger partial charge is 0.306 e. The number of hydrogen-bond donors (Lipinski definition) is 1. The van der Waals surface area contributed by atoms with Crippen molar-refractivity contribution in [3.63, 3.8) is 0 Å². The minimum Gasteiger partial charge on any atom is -0.457 e. The number of imidazole rings is 1. The molecular formula is C21H24ClN3O4S. The molecule has 3 rings (SSSR count). The summed E-state index contributed by atoms with van der Waals surface area (Å²) in [6.07, 6.45) is 2.58. The van der Waals surface area contributed by atoms with Gasteiger partial charge in [0, 0.05) is 18.0 Å². The van der Waals surface area contributed by atoms with Crippen molar-refractivity contribution in [3.05, 3.63) is 58.9 Å². The summed E-state index contributed by atoms with van der Waals surface area (Å²) in [4.78, 5) is 16.7. The molecule has 0 unspecified atom stereocenters. The van der Waals surface area contributed by atoms with E-state index in [4.69, 9.17) is 21.5 Å². The van der Waals surface area contributed by atoms with Crippen molar-refractivity contribution in [2.24, 2.45) is 5.14 Å². The third kappa shape index (κ3) is 5.38. The summed E-state index contributed by atoms with van der Waals surface area (Å²) in [6, 6.07) is 12.0. The van der Waals surface area contributed by atoms with Crippen molar-refractivity contribution < 1.29 is 17.9 Å². The monoisotopic (exact) mass is 449 g/mol. The standard InChI is InChI=1S/C21H24ClN3O4S/c1-2-3-12-25-19-10-9-16(30(23,27)28)13-18(19)24-20(25)14-29-21(26)11-8-15-6-4-5-7-17(15)22/h4-7,9-10,13H,2-3,8,11-12,14H2,1H3,(H2,23,27,28). The molecule has 3 aromatic rings. The summed E-state index contributed by atoms with van der Waals surface area (Å²) in [5.74, 6) is 0.213. The molecule has 0 fully saturated rings. The van der Waals surface area contributed by atoms with Crippen LogP contribution in [0.5, 0.6) is 0 Å². The molecule has 0 aliphatic rings. The van der Waals surface area contributed by atoms with Crippen molar-refractivity contribution in [1.29, 1.82) is 0 Å². The number of rotatable bonds is 9. The second-order valence-corrected chi connectivity index (χ2v) is 8.95. The van der Waals surface area contributed by atoms with Gasteiger partial charge in [0.05, 0.1) is 15.9 Å². The van der Waals surface area contributed by atoms with E-state index in [1.54, 1.807) is 12.1 Å². The molecule has 1 aromatic heterocycles. The second-order valence-electron chi connectivity index (χ2n) is 6.98. The van der Waals surface area contributed by atoms with E-state index in [1.807, 2.05) is 22.8 Å². The van der Waals surface area contributed by atoms with E-state index in [0.717, 1.165) is 23.9 Å². The van der Waals surface area contributed by atoms with Crippen molar-refractivity contribution in [1.82, 2.24) is 9.55 Å². The molecule has 9 heteroatoms. The molecule has 30 heavy (non-hydrogen) atoms. The van der Waals surface area contributed by atoms with Gasteiger partial charge in [-0.25, -0.2) is 18.5 Å². The Labute approximate surface area is 180 Å². The van der Waals surface area contributed by atoms with E-state index in [1.165, 1.54) is 12.1 Å². The summed E-state index contributed by atoms with van der Waals surface area (Å²) in [5.41, 5.74) is 2.17. The zero-order valence-corrected chi connectivity index (χ0v) is 18.2. The van der Waals surface area contributed by atoms with Gasteiger partial charge in [0.1, 0.15) is 12.4 Å². The number of halogens is 1. The Hall–Kier alpha value is -2.42. The number of ether oxygens (including phenoxy) is 1. The first kappa shape index (κ1) is 22.3. The molecule has 7 nitrogen and oxygen atoms in total. The molecule has 1 heterocycles. The van der Waals surface area contributed by atoms with Gasteiger partial charge in [0.15, 0.2) is 0 Å². The molecule has 0 amide bonds. The molecule has 0 aliphatic heterocycles. The van der Waals surface area contributed by atoms with Crippen LogP contribution in [-0.4, -0.2) is 23.9 Å². The summed E-state index contributed by atoms with van der Waals surface area (Å²) in [6.45, 7) is 2.77. The fourth-order valence-corrected chi connectivity index (χ4v) is 3.93. The third-order valence-corrected chi connectivity index (χ3v) is 6.06. The fourth-order valence-electron chi connectivity index (χ4n) is 3.17. The van der Waals surface area contributed by atoms with E-state index in [9.17, 15) is 13.2 Å². The van der Waals surface area contributed by atoms with Crippen LogP contribution in [0.1, 0.15) is 37.6 Å². The maximum atomic E-state index is 12.2. The van der Waals surface area contributed by atoms with E-state index in [0.29, 0.717) is 29.3 Å². The lowest BCUT2D eigenvalue weighted by molar-refractivity contribution is -0.145. The number of unbranched alkanes of at least 4 members (excludes halogenated alkanes) is 1. The van der Waals surface area contributed by atoms with E-state index >= 15 is 0 Å². The minimum atomic E-state index is -3.82. The van der Waals surface area contributed by atoms with Gasteiger partial charge in [0.25, 0.3) is 0 Å². The van der Waals surface area contributed by atoms with Gasteiger partial charge in [-0.05, 0) is 42.7 Å². The quantitative estimate of drug-likeness (QED) is 0.500. The Morgan fingerprint density at radius 1 is 1.23 bits per heavy atom. The maximum Gasteiger partial charge on any atom is 0.306 e. The van der Waals surface area contributed by atoms with Crippen molar-refractivity contribution in [2.45, 2.75) is 50.7 Å². The molecule has 0 spiro atoms. The number of nitrogens with zero attached hydrogens (tertiary/aromatic N) is 2. The molecule has 2 N–H and O–H groups in total. The third-order valence-electron chi connectivity index (χ3n) is 4.78. The Morgan fingerprint density at radius 3 is 2.70 bits per heavy atom. The number of aryl methyl sites for hydroxylation is 2. The van der Waals surface area contributed by atoms with E-state index in [-0.39, 0.29) is 23.9 Å². The predicted octanol–water partition coefficient (Wildman–Crippen LogP) is 3.81. The number of hydrogen-bond acceptors (Lipinski definition) is 5. The number of fused-ring (bicyclic) bond motifs is 1. The average Bonchev–Trinajstić information content (AvgIpc) is 3.06. The molecule has 2 aromatic carbocycles. The van der Waals surface area contributed by atoms with E-state index < -0.39 is 10.0 Å². The Morgan fingerprint density at radius 2 is 2.00 bits per heavy atom. The number of nitrogens with two attached hydrogens (primary N) is 1. The number of primary sulfonamides is 1. The van der Waals surface area contributed by atoms with Gasteiger partial charge in [-0.15, -0.1) is 0 Å². The summed E-state index contributed by atoms with van der Waals surface area (Å²) >= 11 is 6.12. The Balaban J connectivity index is 1.75. The van der Waals surface area contributed by atoms with Crippen molar-refractivity contribution in [2.75, 3.05) is 0 Å². The van der Waals surface area contributed by atoms with Crippen LogP contribution in [-0.2, 0) is 39.1 Å². The first-order valence-electron chi connectivity index (χ1n) is 9.70. The molecule has 0 aliphatic carbocycles. The normalized spacial score (nSPS) is 11.7. The lowest BCUT2D eigenvalue weighted by atomic mass is 10.1. The van der Waals surface area contributed by atoms with Crippen molar-refractivity contribution >= 4 is 38.6 Å². The molecule has 0 saturated heterocycles. The first-order valence-corrected chi connectivity index (χ1v) is 11.6. The Bertz CT molecular complexity index is 1160. The number of carbonyl (C=O) groups excluding carboxylic acids is 1. The molecular weight excluding hydrogens is 426 g/mol. The number of carbonyl (C=O) groups is 1. The van der Waals surface area contributed by atoms with Crippen LogP contribution < -0.4 is 5.14 Å². The highest BCUT2D eigenvalue weighted by atomic mass is 35.5. The topological polar surface area (TPSA) is 104 Å². The number of sulfonamides is 1. The lowest BCUT2D eigenvalue weighted by Gasteiger charge is -2.10. The number of esters is 1. The number of benzene rings is 2. The van der Waals surface area contributed by atoms with E-state index in [2.05, 4.69) is 11.9 Å². The molecule has 160 valence electrons. The van der Waals surface area contributed by atoms with Crippen LogP contribution in [0.15, 0.2) is 47.4 Å². The van der Waals surface area contributed by atoms with Gasteiger partial charge in [0.2, 0.25) is 10.0 Å². The first-order chi connectivity index (χ1) is 14.3. The Kier molecular flexibility index (Phi) is 7.12. The fraction of sp³-hybridized carbons (Fsp3) is 0.333. The summed E-state index contributed by atoms with van der Waals surface area (Å²) in [7, 11) is -3.82. The SMILES string of the molecule is CCCCn1c(COC(=O)CCc2ccccc2Cl)nc2cc(S(N)(=O)=O)ccc21. The van der Waals surface area contributed by atoms with Crippen LogP contribution in [0.3, 0.4) is 0 Å². The van der Waals surface area contributed by atoms with Crippen molar-refractivity contribution in [3.8, 4) is 0 Å². The zero-order valence-electron chi connectivity index (χ0n) is 16.7. The van der Waals surface area contributed by atoms with Gasteiger partial charge >= 0.3 is 5.97 Å². The van der Waals surface area contributed by atoms with Gasteiger partial charge in [-0.3, -0.25) is 4.79 Å². The highest BCUT2D eigenvalue weighted by molar-refractivity contribution is 7.89. The molecule has 0 radical (unpaired) electrons. The van der Waals surface area contributed by atoms with Crippen LogP contribution in [0, 0.1) is 0 Å². The largest absolute Gasteiger partial charge is 0.457 e. The predicted molar refractivity (Wildman–Crippen MR) is 116 cm³/mol. The number of aromatic nitrogens is 2. The highest BCUT2D eigenvalue weighted by Crippen LogP contribution is 2.22. The minimum absolute atomic E-state index is 0.00146. The van der Waals surface area contributed by atoms with Crippen LogP contribution in [0.25, 0.3) is 11.0 Å². The summed E-state index contributed by atoms with van der Waals surface area (Å²) in [5, 5.41) is 5.84. The van der Waals surface area contributed by atoms with Gasteiger partial charge in [-0.2, -0.15) is 0 Å². The lowest BCUT2D eigenvalue weighted by Crippen LogP contribution is -2.12. The molecule has 0 saturated carbocycles. The van der Waals surface area contributed by atoms with Crippen LogP contribution >= 0.6 is 11.6 Å². The maximum absolute atomic E-state index is 12.2.